The van der Waals surface area contributed by atoms with Crippen molar-refractivity contribution in [1.29, 1.82) is 0 Å². The van der Waals surface area contributed by atoms with E-state index in [1.807, 2.05) is 48.5 Å². The fourth-order valence-corrected chi connectivity index (χ4v) is 3.93. The Labute approximate surface area is 189 Å². The maximum absolute atomic E-state index is 13.3. The van der Waals surface area contributed by atoms with Gasteiger partial charge in [0.2, 0.25) is 0 Å². The number of benzene rings is 2. The van der Waals surface area contributed by atoms with Crippen LogP contribution in [0.5, 0.6) is 11.5 Å². The zero-order valence-electron chi connectivity index (χ0n) is 16.8. The molecule has 3 heterocycles. The van der Waals surface area contributed by atoms with Crippen LogP contribution < -0.4 is 4.74 Å². The van der Waals surface area contributed by atoms with Gasteiger partial charge in [-0.05, 0) is 36.4 Å². The van der Waals surface area contributed by atoms with Gasteiger partial charge in [0.05, 0.1) is 16.8 Å². The van der Waals surface area contributed by atoms with Gasteiger partial charge in [0.1, 0.15) is 35.7 Å². The van der Waals surface area contributed by atoms with Crippen molar-refractivity contribution in [2.45, 2.75) is 16.8 Å². The molecule has 5 aromatic rings. The van der Waals surface area contributed by atoms with Gasteiger partial charge in [-0.1, -0.05) is 18.2 Å². The molecular weight excluding hydrogens is 453 g/mol. The van der Waals surface area contributed by atoms with E-state index in [1.54, 1.807) is 0 Å². The predicted octanol–water partition coefficient (Wildman–Crippen LogP) is 5.64. The van der Waals surface area contributed by atoms with E-state index in [1.165, 1.54) is 35.2 Å². The van der Waals surface area contributed by atoms with Gasteiger partial charge < -0.3 is 9.72 Å². The van der Waals surface area contributed by atoms with Gasteiger partial charge in [0, 0.05) is 11.0 Å². The number of alkyl halides is 3. The first-order valence-electron chi connectivity index (χ1n) is 9.73. The molecule has 11 heteroatoms. The van der Waals surface area contributed by atoms with Crippen molar-refractivity contribution < 1.29 is 17.9 Å². The largest absolute Gasteiger partial charge is 0.457 e. The second kappa shape index (κ2) is 8.58. The molecule has 0 saturated heterocycles. The molecule has 1 N–H and O–H groups in total. The van der Waals surface area contributed by atoms with Crippen molar-refractivity contribution in [1.82, 2.24) is 29.7 Å². The van der Waals surface area contributed by atoms with Crippen LogP contribution in [0.4, 0.5) is 13.2 Å². The average Bonchev–Trinajstić information content (AvgIpc) is 3.47. The van der Waals surface area contributed by atoms with Gasteiger partial charge in [-0.3, -0.25) is 0 Å². The molecule has 0 aliphatic heterocycles. The molecule has 7 nitrogen and oxygen atoms in total. The highest BCUT2D eigenvalue weighted by molar-refractivity contribution is 7.98. The number of thioether (sulfide) groups is 1. The molecule has 166 valence electrons. The summed E-state index contributed by atoms with van der Waals surface area (Å²) in [4.78, 5) is 15.6. The van der Waals surface area contributed by atoms with E-state index in [0.29, 0.717) is 33.5 Å². The minimum atomic E-state index is -4.58. The van der Waals surface area contributed by atoms with E-state index in [4.69, 9.17) is 4.74 Å². The van der Waals surface area contributed by atoms with Crippen molar-refractivity contribution >= 4 is 22.8 Å². The normalized spacial score (nSPS) is 11.7. The van der Waals surface area contributed by atoms with E-state index >= 15 is 0 Å². The fraction of sp³-hybridized carbons (Fsp3) is 0.0909. The van der Waals surface area contributed by atoms with Crippen LogP contribution in [0.2, 0.25) is 0 Å². The number of fused-ring (bicyclic) bond motifs is 1. The van der Waals surface area contributed by atoms with Gasteiger partial charge in [0.15, 0.2) is 5.82 Å². The molecule has 0 spiro atoms. The van der Waals surface area contributed by atoms with Crippen molar-refractivity contribution in [3.8, 4) is 17.3 Å². The summed E-state index contributed by atoms with van der Waals surface area (Å²) in [5.74, 6) is 2.35. The zero-order chi connectivity index (χ0) is 22.8. The van der Waals surface area contributed by atoms with Crippen LogP contribution in [-0.4, -0.2) is 29.7 Å². The van der Waals surface area contributed by atoms with E-state index in [9.17, 15) is 13.2 Å². The number of aromatic amines is 1. The van der Waals surface area contributed by atoms with Crippen LogP contribution in [0.25, 0.3) is 16.9 Å². The molecule has 0 fully saturated rings. The Morgan fingerprint density at radius 1 is 0.970 bits per heavy atom. The number of halogens is 3. The Hall–Kier alpha value is -3.86. The summed E-state index contributed by atoms with van der Waals surface area (Å²) >= 11 is 1.21. The molecule has 0 atom stereocenters. The number of H-pyrrole nitrogens is 1. The van der Waals surface area contributed by atoms with Gasteiger partial charge in [0.25, 0.3) is 0 Å². The first kappa shape index (κ1) is 21.0. The Balaban J connectivity index is 1.36. The summed E-state index contributed by atoms with van der Waals surface area (Å²) in [6.07, 6.45) is -2.05. The number of rotatable bonds is 6. The first-order valence-corrected chi connectivity index (χ1v) is 10.7. The standard InChI is InChI=1S/C22H15F3N6OS/c23-22(24,25)19-9-16(10-21(30-19)31-13-26-12-27-31)33-11-20-28-17-7-6-15(8-18(17)29-20)32-14-4-2-1-3-5-14/h1-10,12-13H,11H2,(H,28,29). The van der Waals surface area contributed by atoms with Crippen LogP contribution in [0, 0.1) is 0 Å². The van der Waals surface area contributed by atoms with E-state index in [0.717, 1.165) is 11.6 Å². The summed E-state index contributed by atoms with van der Waals surface area (Å²) in [6.45, 7) is 0. The number of imidazole rings is 1. The molecule has 0 aliphatic carbocycles. The molecule has 0 saturated carbocycles. The SMILES string of the molecule is FC(F)(F)c1cc(SCc2nc3cc(Oc4ccccc4)ccc3[nH]2)cc(-n2cncn2)n1. The van der Waals surface area contributed by atoms with Crippen molar-refractivity contribution in [2.75, 3.05) is 0 Å². The van der Waals surface area contributed by atoms with Crippen molar-refractivity contribution in [3.63, 3.8) is 0 Å². The number of nitrogens with zero attached hydrogens (tertiary/aromatic N) is 5. The quantitative estimate of drug-likeness (QED) is 0.325. The lowest BCUT2D eigenvalue weighted by Gasteiger charge is -2.10. The fourth-order valence-electron chi connectivity index (χ4n) is 3.11. The monoisotopic (exact) mass is 468 g/mol. The van der Waals surface area contributed by atoms with Crippen molar-refractivity contribution in [2.24, 2.45) is 0 Å². The summed E-state index contributed by atoms with van der Waals surface area (Å²) < 4.78 is 47.0. The predicted molar refractivity (Wildman–Crippen MR) is 116 cm³/mol. The topological polar surface area (TPSA) is 81.5 Å². The zero-order valence-corrected chi connectivity index (χ0v) is 17.6. The van der Waals surface area contributed by atoms with E-state index < -0.39 is 11.9 Å². The minimum absolute atomic E-state index is 0.0390. The van der Waals surface area contributed by atoms with Gasteiger partial charge in [-0.15, -0.1) is 11.8 Å². The van der Waals surface area contributed by atoms with Gasteiger partial charge in [-0.25, -0.2) is 19.6 Å². The molecule has 0 bridgehead atoms. The van der Waals surface area contributed by atoms with Gasteiger partial charge >= 0.3 is 6.18 Å². The molecule has 3 aromatic heterocycles. The number of pyridine rings is 1. The van der Waals surface area contributed by atoms with Gasteiger partial charge in [-0.2, -0.15) is 18.3 Å². The van der Waals surface area contributed by atoms with E-state index in [2.05, 4.69) is 25.0 Å². The third-order valence-electron chi connectivity index (χ3n) is 4.59. The number of hydrogen-bond acceptors (Lipinski definition) is 6. The molecule has 2 aromatic carbocycles. The van der Waals surface area contributed by atoms with Crippen LogP contribution in [0.15, 0.2) is 78.2 Å². The van der Waals surface area contributed by atoms with E-state index in [-0.39, 0.29) is 5.82 Å². The smallest absolute Gasteiger partial charge is 0.433 e. The molecular formula is C22H15F3N6OS. The summed E-state index contributed by atoms with van der Waals surface area (Å²) in [6, 6.07) is 17.4. The highest BCUT2D eigenvalue weighted by Gasteiger charge is 2.33. The highest BCUT2D eigenvalue weighted by Crippen LogP contribution is 2.33. The molecule has 0 radical (unpaired) electrons. The average molecular weight is 468 g/mol. The highest BCUT2D eigenvalue weighted by atomic mass is 32.2. The third kappa shape index (κ3) is 4.82. The number of nitrogens with one attached hydrogen (secondary N) is 1. The Bertz CT molecular complexity index is 1390. The lowest BCUT2D eigenvalue weighted by atomic mass is 10.3. The maximum atomic E-state index is 13.3. The molecule has 0 aliphatic rings. The second-order valence-corrected chi connectivity index (χ2v) is 8.00. The van der Waals surface area contributed by atoms with Crippen LogP contribution >= 0.6 is 11.8 Å². The Morgan fingerprint density at radius 2 is 1.82 bits per heavy atom. The summed E-state index contributed by atoms with van der Waals surface area (Å²) in [5.41, 5.74) is 0.512. The van der Waals surface area contributed by atoms with Crippen LogP contribution in [0.1, 0.15) is 11.5 Å². The Morgan fingerprint density at radius 3 is 2.58 bits per heavy atom. The number of hydrogen-bond donors (Lipinski definition) is 1. The first-order chi connectivity index (χ1) is 15.9. The van der Waals surface area contributed by atoms with Crippen LogP contribution in [0.3, 0.4) is 0 Å². The van der Waals surface area contributed by atoms with Crippen molar-refractivity contribution in [3.05, 3.63) is 84.8 Å². The third-order valence-corrected chi connectivity index (χ3v) is 5.57. The summed E-state index contributed by atoms with van der Waals surface area (Å²) in [5, 5.41) is 3.87. The number of aromatic nitrogens is 6. The molecule has 33 heavy (non-hydrogen) atoms. The minimum Gasteiger partial charge on any atom is -0.457 e. The lowest BCUT2D eigenvalue weighted by molar-refractivity contribution is -0.141. The number of ether oxygens (including phenoxy) is 1. The Kier molecular flexibility index (Phi) is 5.47. The molecule has 0 unspecified atom stereocenters. The molecule has 5 rings (SSSR count). The second-order valence-electron chi connectivity index (χ2n) is 6.95. The lowest BCUT2D eigenvalue weighted by Crippen LogP contribution is -2.11. The number of para-hydroxylation sites is 1. The summed E-state index contributed by atoms with van der Waals surface area (Å²) in [7, 11) is 0. The maximum Gasteiger partial charge on any atom is 0.433 e. The molecule has 0 amide bonds. The van der Waals surface area contributed by atoms with Crippen LogP contribution in [-0.2, 0) is 11.9 Å².